The molecule has 0 aliphatic carbocycles. The maximum Gasteiger partial charge on any atom is 0.387 e. The van der Waals surface area contributed by atoms with Gasteiger partial charge in [0.2, 0.25) is 5.95 Å². The van der Waals surface area contributed by atoms with Crippen molar-refractivity contribution in [3.05, 3.63) is 18.3 Å². The Labute approximate surface area is 167 Å². The monoisotopic (exact) mass is 406 g/mol. The molecule has 0 aromatic carbocycles. The normalized spacial score (nSPS) is 20.5. The van der Waals surface area contributed by atoms with Gasteiger partial charge in [0.05, 0.1) is 24.4 Å². The molecule has 4 rings (SSSR count). The molecular weight excluding hydrogens is 382 g/mol. The van der Waals surface area contributed by atoms with Gasteiger partial charge in [-0.25, -0.2) is 9.97 Å². The van der Waals surface area contributed by atoms with Crippen molar-refractivity contribution in [1.82, 2.24) is 15.0 Å². The van der Waals surface area contributed by atoms with Crippen LogP contribution in [0.5, 0.6) is 5.75 Å². The van der Waals surface area contributed by atoms with Gasteiger partial charge in [-0.3, -0.25) is 0 Å². The molecule has 10 heteroatoms. The third-order valence-electron chi connectivity index (χ3n) is 5.11. The fourth-order valence-corrected chi connectivity index (χ4v) is 3.65. The van der Waals surface area contributed by atoms with Crippen LogP contribution in [0.15, 0.2) is 18.3 Å². The number of nitrogen functional groups attached to an aromatic ring is 1. The van der Waals surface area contributed by atoms with Gasteiger partial charge in [-0.05, 0) is 18.9 Å². The summed E-state index contributed by atoms with van der Waals surface area (Å²) in [6.45, 7) is 1.32. The number of anilines is 3. The molecule has 0 amide bonds. The van der Waals surface area contributed by atoms with Crippen molar-refractivity contribution in [3.8, 4) is 17.0 Å². The summed E-state index contributed by atoms with van der Waals surface area (Å²) in [5, 5.41) is 3.25. The van der Waals surface area contributed by atoms with E-state index in [1.807, 2.05) is 6.07 Å². The van der Waals surface area contributed by atoms with Gasteiger partial charge in [-0.2, -0.15) is 13.8 Å². The van der Waals surface area contributed by atoms with Crippen LogP contribution >= 0.6 is 0 Å². The summed E-state index contributed by atoms with van der Waals surface area (Å²) in [6.07, 6.45) is 4.73. The highest BCUT2D eigenvalue weighted by Gasteiger charge is 2.39. The molecule has 8 nitrogen and oxygen atoms in total. The quantitative estimate of drug-likeness (QED) is 0.646. The number of hydrogen-bond donors (Lipinski definition) is 2. The van der Waals surface area contributed by atoms with Crippen LogP contribution in [0.25, 0.3) is 11.3 Å². The van der Waals surface area contributed by atoms with Crippen molar-refractivity contribution in [2.45, 2.75) is 44.9 Å². The highest BCUT2D eigenvalue weighted by atomic mass is 19.3. The predicted octanol–water partition coefficient (Wildman–Crippen LogP) is 2.91. The molecule has 29 heavy (non-hydrogen) atoms. The molecule has 156 valence electrons. The average molecular weight is 406 g/mol. The zero-order chi connectivity index (χ0) is 20.4. The number of ether oxygens (including phenoxy) is 2. The number of aromatic nitrogens is 3. The van der Waals surface area contributed by atoms with Gasteiger partial charge >= 0.3 is 6.61 Å². The first-order chi connectivity index (χ1) is 14.0. The molecule has 2 saturated heterocycles. The average Bonchev–Trinajstić information content (AvgIpc) is 3.33. The number of nitrogens with zero attached hydrogens (tertiary/aromatic N) is 4. The Morgan fingerprint density at radius 1 is 1.38 bits per heavy atom. The SMILES string of the molecule is CCCCNc1nc(-c2cnc(N)c(OC(F)F)c2)cc(N2C[C@@H]3C[C@H]2CO3)n1. The number of halogens is 2. The highest BCUT2D eigenvalue weighted by molar-refractivity contribution is 5.68. The number of fused-ring (bicyclic) bond motifs is 2. The maximum atomic E-state index is 12.7. The van der Waals surface area contributed by atoms with Gasteiger partial charge in [-0.1, -0.05) is 13.3 Å². The molecule has 0 radical (unpaired) electrons. The van der Waals surface area contributed by atoms with E-state index in [-0.39, 0.29) is 23.7 Å². The van der Waals surface area contributed by atoms with Crippen LogP contribution in [0.3, 0.4) is 0 Å². The summed E-state index contributed by atoms with van der Waals surface area (Å²) in [7, 11) is 0. The van der Waals surface area contributed by atoms with Crippen molar-refractivity contribution in [1.29, 1.82) is 0 Å². The van der Waals surface area contributed by atoms with E-state index in [4.69, 9.17) is 10.5 Å². The summed E-state index contributed by atoms with van der Waals surface area (Å²) < 4.78 is 35.5. The van der Waals surface area contributed by atoms with Crippen LogP contribution < -0.4 is 20.7 Å². The molecule has 2 fully saturated rings. The summed E-state index contributed by atoms with van der Waals surface area (Å²) >= 11 is 0. The third-order valence-corrected chi connectivity index (χ3v) is 5.11. The van der Waals surface area contributed by atoms with E-state index in [9.17, 15) is 8.78 Å². The van der Waals surface area contributed by atoms with Crippen LogP contribution in [-0.2, 0) is 4.74 Å². The molecule has 2 bridgehead atoms. The molecule has 3 N–H and O–H groups in total. The van der Waals surface area contributed by atoms with Crippen molar-refractivity contribution in [2.24, 2.45) is 0 Å². The fourth-order valence-electron chi connectivity index (χ4n) is 3.65. The molecule has 4 heterocycles. The third kappa shape index (κ3) is 4.31. The number of hydrogen-bond acceptors (Lipinski definition) is 8. The van der Waals surface area contributed by atoms with Crippen LogP contribution in [0.1, 0.15) is 26.2 Å². The van der Waals surface area contributed by atoms with Gasteiger partial charge < -0.3 is 25.4 Å². The fraction of sp³-hybridized carbons (Fsp3) is 0.526. The minimum Gasteiger partial charge on any atom is -0.431 e. The van der Waals surface area contributed by atoms with Gasteiger partial charge in [0, 0.05) is 30.9 Å². The standard InChI is InChI=1S/C19H24F2N6O2/c1-2-3-4-23-19-25-14(11-5-15(29-18(20)21)17(22)24-8-11)7-16(26-19)27-9-13-6-12(27)10-28-13/h5,7-8,12-13,18H,2-4,6,9-10H2,1H3,(H2,22,24)(H,23,25,26)/t12-,13-/m0/s1. The molecule has 0 spiro atoms. The number of nitrogens with one attached hydrogen (secondary N) is 1. The van der Waals surface area contributed by atoms with Crippen LogP contribution in [0.4, 0.5) is 26.4 Å². The number of rotatable bonds is 8. The Morgan fingerprint density at radius 3 is 2.93 bits per heavy atom. The van der Waals surface area contributed by atoms with E-state index in [0.29, 0.717) is 23.8 Å². The first kappa shape index (κ1) is 19.6. The van der Waals surface area contributed by atoms with Crippen molar-refractivity contribution >= 4 is 17.6 Å². The van der Waals surface area contributed by atoms with E-state index in [0.717, 1.165) is 38.2 Å². The van der Waals surface area contributed by atoms with Gasteiger partial charge in [0.25, 0.3) is 0 Å². The van der Waals surface area contributed by atoms with Crippen LogP contribution in [0.2, 0.25) is 0 Å². The van der Waals surface area contributed by atoms with E-state index in [2.05, 4.69) is 36.8 Å². The van der Waals surface area contributed by atoms with E-state index < -0.39 is 6.61 Å². The zero-order valence-corrected chi connectivity index (χ0v) is 16.1. The smallest absolute Gasteiger partial charge is 0.387 e. The zero-order valence-electron chi connectivity index (χ0n) is 16.1. The Balaban J connectivity index is 1.68. The number of alkyl halides is 2. The predicted molar refractivity (Wildman–Crippen MR) is 105 cm³/mol. The number of nitrogens with two attached hydrogens (primary N) is 1. The molecule has 2 aromatic rings. The van der Waals surface area contributed by atoms with Crippen molar-refractivity contribution in [3.63, 3.8) is 0 Å². The Bertz CT molecular complexity index is 869. The lowest BCUT2D eigenvalue weighted by atomic mass is 10.2. The molecule has 0 unspecified atom stereocenters. The first-order valence-corrected chi connectivity index (χ1v) is 9.75. The topological polar surface area (TPSA) is 98.4 Å². The lowest BCUT2D eigenvalue weighted by molar-refractivity contribution is -0.0494. The van der Waals surface area contributed by atoms with Gasteiger partial charge in [0.15, 0.2) is 11.6 Å². The number of morpholine rings is 1. The largest absolute Gasteiger partial charge is 0.431 e. The minimum atomic E-state index is -2.98. The van der Waals surface area contributed by atoms with E-state index in [1.54, 1.807) is 0 Å². The molecule has 2 aliphatic heterocycles. The molecular formula is C19H24F2N6O2. The van der Waals surface area contributed by atoms with E-state index in [1.165, 1.54) is 12.3 Å². The highest BCUT2D eigenvalue weighted by Crippen LogP contribution is 2.34. The van der Waals surface area contributed by atoms with Crippen molar-refractivity contribution < 1.29 is 18.3 Å². The maximum absolute atomic E-state index is 12.7. The molecule has 2 atom stereocenters. The second kappa shape index (κ2) is 8.32. The summed E-state index contributed by atoms with van der Waals surface area (Å²) in [5.41, 5.74) is 6.75. The van der Waals surface area contributed by atoms with Gasteiger partial charge in [-0.15, -0.1) is 0 Å². The minimum absolute atomic E-state index is 0.0985. The lowest BCUT2D eigenvalue weighted by Crippen LogP contribution is -2.37. The molecule has 2 aliphatic rings. The second-order valence-electron chi connectivity index (χ2n) is 7.20. The van der Waals surface area contributed by atoms with E-state index >= 15 is 0 Å². The van der Waals surface area contributed by atoms with Crippen LogP contribution in [-0.4, -0.2) is 53.4 Å². The van der Waals surface area contributed by atoms with Crippen molar-refractivity contribution in [2.75, 3.05) is 35.6 Å². The first-order valence-electron chi connectivity index (χ1n) is 9.75. The van der Waals surface area contributed by atoms with Gasteiger partial charge in [0.1, 0.15) is 5.82 Å². The summed E-state index contributed by atoms with van der Waals surface area (Å²) in [4.78, 5) is 15.4. The number of pyridine rings is 1. The molecule has 0 saturated carbocycles. The Kier molecular flexibility index (Phi) is 5.61. The second-order valence-corrected chi connectivity index (χ2v) is 7.20. The molecule has 2 aromatic heterocycles. The number of unbranched alkanes of at least 4 members (excludes halogenated alkanes) is 1. The lowest BCUT2D eigenvalue weighted by Gasteiger charge is -2.28. The van der Waals surface area contributed by atoms with Crippen LogP contribution in [0, 0.1) is 0 Å². The Morgan fingerprint density at radius 2 is 2.24 bits per heavy atom. The summed E-state index contributed by atoms with van der Waals surface area (Å²) in [5.74, 6) is 0.992. The summed E-state index contributed by atoms with van der Waals surface area (Å²) in [6, 6.07) is 3.55. The Hall–Kier alpha value is -2.75.